The van der Waals surface area contributed by atoms with E-state index in [9.17, 15) is 18.9 Å². The zero-order valence-corrected chi connectivity index (χ0v) is 12.2. The van der Waals surface area contributed by atoms with Gasteiger partial charge >= 0.3 is 5.69 Å². The summed E-state index contributed by atoms with van der Waals surface area (Å²) in [5.74, 6) is -1.20. The van der Waals surface area contributed by atoms with Crippen LogP contribution in [0.5, 0.6) is 0 Å². The minimum Gasteiger partial charge on any atom is -0.364 e. The molecule has 21 heavy (non-hydrogen) atoms. The molecule has 0 fully saturated rings. The van der Waals surface area contributed by atoms with Gasteiger partial charge in [0.1, 0.15) is 11.6 Å². The molecule has 8 heteroatoms. The Balaban J connectivity index is 2.05. The molecule has 1 N–H and O–H groups in total. The molecule has 0 unspecified atom stereocenters. The minimum absolute atomic E-state index is 0.111. The van der Waals surface area contributed by atoms with E-state index in [4.69, 9.17) is 0 Å². The monoisotopic (exact) mass is 357 g/mol. The first kappa shape index (κ1) is 15.3. The summed E-state index contributed by atoms with van der Waals surface area (Å²) in [4.78, 5) is 14.3. The van der Waals surface area contributed by atoms with E-state index in [1.165, 1.54) is 24.4 Å². The van der Waals surface area contributed by atoms with E-state index in [0.29, 0.717) is 16.5 Å². The maximum absolute atomic E-state index is 13.0. The highest BCUT2D eigenvalue weighted by atomic mass is 79.9. The number of hydrogen-bond donors (Lipinski definition) is 1. The summed E-state index contributed by atoms with van der Waals surface area (Å²) < 4.78 is 26.5. The van der Waals surface area contributed by atoms with Crippen LogP contribution in [-0.4, -0.2) is 16.5 Å². The minimum atomic E-state index is -0.655. The van der Waals surface area contributed by atoms with Crippen molar-refractivity contribution >= 4 is 27.4 Å². The van der Waals surface area contributed by atoms with Crippen LogP contribution in [0.25, 0.3) is 0 Å². The number of benzene rings is 1. The second kappa shape index (κ2) is 6.57. The molecule has 5 nitrogen and oxygen atoms in total. The molecule has 0 atom stereocenters. The molecule has 0 aliphatic rings. The Hall–Kier alpha value is -2.09. The van der Waals surface area contributed by atoms with Crippen molar-refractivity contribution in [3.05, 3.63) is 62.2 Å². The number of nitrogens with one attached hydrogen (secondary N) is 1. The first-order valence-corrected chi connectivity index (χ1v) is 6.74. The van der Waals surface area contributed by atoms with Crippen molar-refractivity contribution in [3.63, 3.8) is 0 Å². The second-order valence-corrected chi connectivity index (χ2v) is 5.15. The number of rotatable bonds is 5. The lowest BCUT2D eigenvalue weighted by molar-refractivity contribution is -0.384. The van der Waals surface area contributed by atoms with Crippen LogP contribution in [0.2, 0.25) is 0 Å². The topological polar surface area (TPSA) is 68.1 Å². The molecule has 0 radical (unpaired) electrons. The van der Waals surface area contributed by atoms with Crippen molar-refractivity contribution in [2.75, 3.05) is 11.9 Å². The van der Waals surface area contributed by atoms with Crippen molar-refractivity contribution in [2.45, 2.75) is 6.42 Å². The summed E-state index contributed by atoms with van der Waals surface area (Å²) in [6, 6.07) is 4.55. The molecule has 0 bridgehead atoms. The lowest BCUT2D eigenvalue weighted by Crippen LogP contribution is -2.08. The van der Waals surface area contributed by atoms with Gasteiger partial charge in [-0.15, -0.1) is 0 Å². The van der Waals surface area contributed by atoms with Crippen LogP contribution in [-0.2, 0) is 6.42 Å². The van der Waals surface area contributed by atoms with Crippen molar-refractivity contribution < 1.29 is 13.7 Å². The summed E-state index contributed by atoms with van der Waals surface area (Å²) >= 11 is 3.11. The summed E-state index contributed by atoms with van der Waals surface area (Å²) in [5.41, 5.74) is 0.287. The number of nitrogens with zero attached hydrogens (tertiary/aromatic N) is 2. The maximum atomic E-state index is 13.0. The Labute approximate surface area is 127 Å². The zero-order valence-electron chi connectivity index (χ0n) is 10.6. The highest BCUT2D eigenvalue weighted by molar-refractivity contribution is 9.10. The van der Waals surface area contributed by atoms with Gasteiger partial charge in [0.2, 0.25) is 5.82 Å². The van der Waals surface area contributed by atoms with Crippen LogP contribution in [0.3, 0.4) is 0 Å². The highest BCUT2D eigenvalue weighted by Gasteiger charge is 2.15. The van der Waals surface area contributed by atoms with Crippen LogP contribution in [0, 0.1) is 21.7 Å². The van der Waals surface area contributed by atoms with Gasteiger partial charge in [0.25, 0.3) is 0 Å². The number of nitro groups is 1. The fourth-order valence-corrected chi connectivity index (χ4v) is 2.10. The molecule has 0 saturated heterocycles. The fraction of sp³-hybridized carbons (Fsp3) is 0.154. The van der Waals surface area contributed by atoms with Crippen molar-refractivity contribution in [2.24, 2.45) is 0 Å². The van der Waals surface area contributed by atoms with E-state index >= 15 is 0 Å². The SMILES string of the molecule is O=[N+]([O-])c1cc(Br)cnc1NCCc1cc(F)cc(F)c1. The zero-order chi connectivity index (χ0) is 15.4. The van der Waals surface area contributed by atoms with Gasteiger partial charge in [0.05, 0.1) is 4.92 Å². The third-order valence-corrected chi connectivity index (χ3v) is 3.09. The molecule has 0 spiro atoms. The molecule has 0 amide bonds. The van der Waals surface area contributed by atoms with Crippen LogP contribution >= 0.6 is 15.9 Å². The molecule has 1 heterocycles. The lowest BCUT2D eigenvalue weighted by atomic mass is 10.1. The number of anilines is 1. The van der Waals surface area contributed by atoms with E-state index in [0.717, 1.165) is 6.07 Å². The Bertz CT molecular complexity index is 662. The van der Waals surface area contributed by atoms with E-state index in [1.54, 1.807) is 0 Å². The quantitative estimate of drug-likeness (QED) is 0.654. The third-order valence-electron chi connectivity index (χ3n) is 2.66. The van der Waals surface area contributed by atoms with Gasteiger partial charge in [0, 0.05) is 29.3 Å². The van der Waals surface area contributed by atoms with Crippen molar-refractivity contribution in [3.8, 4) is 0 Å². The smallest absolute Gasteiger partial charge is 0.312 e. The van der Waals surface area contributed by atoms with Crippen LogP contribution in [0.4, 0.5) is 20.3 Å². The van der Waals surface area contributed by atoms with Gasteiger partial charge in [-0.2, -0.15) is 0 Å². The van der Waals surface area contributed by atoms with Gasteiger partial charge in [-0.1, -0.05) is 0 Å². The van der Waals surface area contributed by atoms with E-state index in [2.05, 4.69) is 26.2 Å². The Morgan fingerprint density at radius 2 is 1.90 bits per heavy atom. The maximum Gasteiger partial charge on any atom is 0.312 e. The normalized spacial score (nSPS) is 10.4. The Morgan fingerprint density at radius 1 is 1.24 bits per heavy atom. The average Bonchev–Trinajstić information content (AvgIpc) is 2.39. The molecule has 1 aromatic carbocycles. The molecule has 0 aliphatic heterocycles. The standard InChI is InChI=1S/C13H10BrF2N3O2/c14-9-5-12(19(20)21)13(18-7-9)17-2-1-8-3-10(15)6-11(16)4-8/h3-7H,1-2H2,(H,17,18). The number of pyridine rings is 1. The first-order valence-electron chi connectivity index (χ1n) is 5.94. The largest absolute Gasteiger partial charge is 0.364 e. The first-order chi connectivity index (χ1) is 9.95. The van der Waals surface area contributed by atoms with E-state index < -0.39 is 16.6 Å². The van der Waals surface area contributed by atoms with Crippen molar-refractivity contribution in [1.82, 2.24) is 4.98 Å². The highest BCUT2D eigenvalue weighted by Crippen LogP contribution is 2.25. The third kappa shape index (κ3) is 4.19. The summed E-state index contributed by atoms with van der Waals surface area (Å²) in [6.45, 7) is 0.262. The van der Waals surface area contributed by atoms with Gasteiger partial charge in [-0.25, -0.2) is 13.8 Å². The predicted molar refractivity (Wildman–Crippen MR) is 77.1 cm³/mol. The van der Waals surface area contributed by atoms with Crippen molar-refractivity contribution in [1.29, 1.82) is 0 Å². The van der Waals surface area contributed by atoms with E-state index in [-0.39, 0.29) is 18.1 Å². The predicted octanol–water partition coefficient (Wildman–Crippen LogP) is 3.69. The van der Waals surface area contributed by atoms with Gasteiger partial charge < -0.3 is 5.32 Å². The molecule has 2 rings (SSSR count). The Kier molecular flexibility index (Phi) is 4.79. The van der Waals surface area contributed by atoms with Crippen LogP contribution in [0.1, 0.15) is 5.56 Å². The Morgan fingerprint density at radius 3 is 2.52 bits per heavy atom. The number of hydrogen-bond acceptors (Lipinski definition) is 4. The van der Waals surface area contributed by atoms with E-state index in [1.807, 2.05) is 0 Å². The number of halogens is 3. The van der Waals surface area contributed by atoms with Gasteiger partial charge in [0.15, 0.2) is 0 Å². The molecule has 2 aromatic rings. The average molecular weight is 358 g/mol. The van der Waals surface area contributed by atoms with Gasteiger partial charge in [-0.3, -0.25) is 10.1 Å². The summed E-state index contributed by atoms with van der Waals surface area (Å²) in [7, 11) is 0. The summed E-state index contributed by atoms with van der Waals surface area (Å²) in [6.07, 6.45) is 1.74. The second-order valence-electron chi connectivity index (χ2n) is 4.23. The molecule has 110 valence electrons. The fourth-order valence-electron chi connectivity index (χ4n) is 1.78. The molecule has 0 aliphatic carbocycles. The lowest BCUT2D eigenvalue weighted by Gasteiger charge is -2.07. The molecular weight excluding hydrogens is 348 g/mol. The summed E-state index contributed by atoms with van der Waals surface area (Å²) in [5, 5.41) is 13.7. The van der Waals surface area contributed by atoms with Crippen LogP contribution < -0.4 is 5.32 Å². The molecule has 0 saturated carbocycles. The van der Waals surface area contributed by atoms with Crippen LogP contribution in [0.15, 0.2) is 34.9 Å². The molecular formula is C13H10BrF2N3O2. The molecule has 1 aromatic heterocycles. The van der Waals surface area contributed by atoms with Gasteiger partial charge in [-0.05, 0) is 40.0 Å². The number of aromatic nitrogens is 1.